The fraction of sp³-hybridized carbons (Fsp3) is 0.500. The van der Waals surface area contributed by atoms with Crippen molar-refractivity contribution in [3.05, 3.63) is 35.4 Å². The number of fused-ring (bicyclic) bond motifs is 1. The SMILES string of the molecule is CC(C)(C)OC(=O)N[C@H]1COC[C@H]1C1C(=O)c2ccccc2C1=O. The van der Waals surface area contributed by atoms with Crippen molar-refractivity contribution in [2.75, 3.05) is 13.2 Å². The molecular formula is C18H21NO5. The maximum absolute atomic E-state index is 12.6. The molecule has 1 fully saturated rings. The minimum Gasteiger partial charge on any atom is -0.444 e. The summed E-state index contributed by atoms with van der Waals surface area (Å²) in [5.41, 5.74) is 0.291. The van der Waals surface area contributed by atoms with Crippen LogP contribution < -0.4 is 5.32 Å². The Labute approximate surface area is 140 Å². The summed E-state index contributed by atoms with van der Waals surface area (Å²) in [6.07, 6.45) is -0.571. The second-order valence-corrected chi connectivity index (χ2v) is 7.21. The lowest BCUT2D eigenvalue weighted by Crippen LogP contribution is -2.46. The largest absolute Gasteiger partial charge is 0.444 e. The monoisotopic (exact) mass is 331 g/mol. The number of alkyl carbamates (subject to hydrolysis) is 1. The molecule has 1 aliphatic heterocycles. The predicted molar refractivity (Wildman–Crippen MR) is 86.1 cm³/mol. The molecule has 0 radical (unpaired) electrons. The lowest BCUT2D eigenvalue weighted by molar-refractivity contribution is 0.0476. The van der Waals surface area contributed by atoms with Gasteiger partial charge in [0.05, 0.1) is 25.2 Å². The van der Waals surface area contributed by atoms with Crippen LogP contribution in [0.5, 0.6) is 0 Å². The molecule has 6 nitrogen and oxygen atoms in total. The van der Waals surface area contributed by atoms with E-state index in [9.17, 15) is 14.4 Å². The number of benzene rings is 1. The molecule has 1 N–H and O–H groups in total. The van der Waals surface area contributed by atoms with E-state index in [0.29, 0.717) is 11.1 Å². The van der Waals surface area contributed by atoms with Crippen LogP contribution in [0.15, 0.2) is 24.3 Å². The van der Waals surface area contributed by atoms with Crippen LogP contribution in [0.4, 0.5) is 4.79 Å². The van der Waals surface area contributed by atoms with Crippen LogP contribution in [0.1, 0.15) is 41.5 Å². The molecule has 6 heteroatoms. The van der Waals surface area contributed by atoms with Gasteiger partial charge in [-0.25, -0.2) is 4.79 Å². The summed E-state index contributed by atoms with van der Waals surface area (Å²) < 4.78 is 10.7. The smallest absolute Gasteiger partial charge is 0.407 e. The lowest BCUT2D eigenvalue weighted by Gasteiger charge is -2.25. The van der Waals surface area contributed by atoms with Crippen molar-refractivity contribution in [1.82, 2.24) is 5.32 Å². The van der Waals surface area contributed by atoms with Gasteiger partial charge in [0.15, 0.2) is 11.6 Å². The maximum atomic E-state index is 12.6. The van der Waals surface area contributed by atoms with E-state index in [2.05, 4.69) is 5.32 Å². The van der Waals surface area contributed by atoms with Gasteiger partial charge in [0.2, 0.25) is 0 Å². The summed E-state index contributed by atoms with van der Waals surface area (Å²) in [5.74, 6) is -1.57. The number of hydrogen-bond donors (Lipinski definition) is 1. The lowest BCUT2D eigenvalue weighted by atomic mass is 9.84. The topological polar surface area (TPSA) is 81.7 Å². The first-order valence-electron chi connectivity index (χ1n) is 8.02. The molecule has 0 bridgehead atoms. The molecule has 1 aliphatic carbocycles. The van der Waals surface area contributed by atoms with Gasteiger partial charge in [0.25, 0.3) is 0 Å². The average Bonchev–Trinajstić information content (AvgIpc) is 3.01. The van der Waals surface area contributed by atoms with Gasteiger partial charge in [-0.05, 0) is 20.8 Å². The van der Waals surface area contributed by atoms with E-state index in [-0.39, 0.29) is 30.7 Å². The molecule has 1 saturated heterocycles. The summed E-state index contributed by atoms with van der Waals surface area (Å²) in [4.78, 5) is 37.3. The second kappa shape index (κ2) is 6.02. The molecule has 1 aromatic carbocycles. The Kier molecular flexibility index (Phi) is 4.17. The quantitative estimate of drug-likeness (QED) is 0.840. The van der Waals surface area contributed by atoms with E-state index in [4.69, 9.17) is 9.47 Å². The van der Waals surface area contributed by atoms with E-state index >= 15 is 0 Å². The van der Waals surface area contributed by atoms with E-state index < -0.39 is 23.7 Å². The van der Waals surface area contributed by atoms with Crippen molar-refractivity contribution in [2.45, 2.75) is 32.4 Å². The van der Waals surface area contributed by atoms with Crippen LogP contribution in [0.3, 0.4) is 0 Å². The van der Waals surface area contributed by atoms with E-state index in [1.807, 2.05) is 0 Å². The van der Waals surface area contributed by atoms with E-state index in [0.717, 1.165) is 0 Å². The fourth-order valence-corrected chi connectivity index (χ4v) is 3.26. The predicted octanol–water partition coefficient (Wildman–Crippen LogP) is 2.22. The van der Waals surface area contributed by atoms with Crippen molar-refractivity contribution < 1.29 is 23.9 Å². The van der Waals surface area contributed by atoms with Crippen LogP contribution >= 0.6 is 0 Å². The van der Waals surface area contributed by atoms with Crippen molar-refractivity contribution in [3.8, 4) is 0 Å². The minimum absolute atomic E-state index is 0.193. The van der Waals surface area contributed by atoms with Crippen LogP contribution in [0.2, 0.25) is 0 Å². The second-order valence-electron chi connectivity index (χ2n) is 7.21. The van der Waals surface area contributed by atoms with Gasteiger partial charge in [-0.2, -0.15) is 0 Å². The third kappa shape index (κ3) is 3.06. The number of ether oxygens (including phenoxy) is 2. The third-order valence-corrected chi connectivity index (χ3v) is 4.28. The standard InChI is InChI=1S/C18H21NO5/c1-18(2,3)24-17(22)19-13-9-23-8-12(13)14-15(20)10-6-4-5-7-11(10)16(14)21/h4-7,12-14H,8-9H2,1-3H3,(H,19,22)/t12-,13+/m1/s1. The summed E-state index contributed by atoms with van der Waals surface area (Å²) in [7, 11) is 0. The molecule has 1 aromatic rings. The average molecular weight is 331 g/mol. The molecule has 1 heterocycles. The third-order valence-electron chi connectivity index (χ3n) is 4.28. The van der Waals surface area contributed by atoms with Crippen molar-refractivity contribution >= 4 is 17.7 Å². The highest BCUT2D eigenvalue weighted by Crippen LogP contribution is 2.35. The first-order valence-corrected chi connectivity index (χ1v) is 8.02. The highest BCUT2D eigenvalue weighted by atomic mass is 16.6. The zero-order valence-corrected chi connectivity index (χ0v) is 14.0. The normalized spacial score (nSPS) is 24.1. The number of rotatable bonds is 2. The van der Waals surface area contributed by atoms with Crippen molar-refractivity contribution in [1.29, 1.82) is 0 Å². The highest BCUT2D eigenvalue weighted by molar-refractivity contribution is 6.26. The van der Waals surface area contributed by atoms with E-state index in [1.165, 1.54) is 0 Å². The molecule has 0 saturated carbocycles. The van der Waals surface area contributed by atoms with Gasteiger partial charge in [0, 0.05) is 17.0 Å². The zero-order chi connectivity index (χ0) is 17.5. The number of nitrogens with one attached hydrogen (secondary N) is 1. The number of Topliss-reactive ketones (excluding diaryl/α,β-unsaturated/α-hetero) is 2. The Morgan fingerprint density at radius 3 is 2.25 bits per heavy atom. The highest BCUT2D eigenvalue weighted by Gasteiger charge is 2.48. The summed E-state index contributed by atoms with van der Waals surface area (Å²) in [6, 6.07) is 6.40. The molecule has 3 rings (SSSR count). The number of ketones is 2. The van der Waals surface area contributed by atoms with Gasteiger partial charge in [-0.15, -0.1) is 0 Å². The minimum atomic E-state index is -0.801. The molecule has 24 heavy (non-hydrogen) atoms. The Morgan fingerprint density at radius 1 is 1.12 bits per heavy atom. The van der Waals surface area contributed by atoms with Gasteiger partial charge < -0.3 is 14.8 Å². The van der Waals surface area contributed by atoms with Gasteiger partial charge >= 0.3 is 6.09 Å². The van der Waals surface area contributed by atoms with Crippen LogP contribution in [0, 0.1) is 11.8 Å². The number of amides is 1. The number of carbonyl (C=O) groups excluding carboxylic acids is 3. The summed E-state index contributed by atoms with van der Waals surface area (Å²) in [5, 5.41) is 2.74. The molecule has 128 valence electrons. The Balaban J connectivity index is 1.76. The molecule has 1 amide bonds. The zero-order valence-electron chi connectivity index (χ0n) is 14.0. The van der Waals surface area contributed by atoms with Crippen LogP contribution in [-0.4, -0.2) is 42.5 Å². The Hall–Kier alpha value is -2.21. The summed E-state index contributed by atoms with van der Waals surface area (Å²) in [6.45, 7) is 5.84. The van der Waals surface area contributed by atoms with Crippen LogP contribution in [-0.2, 0) is 9.47 Å². The van der Waals surface area contributed by atoms with Gasteiger partial charge in [-0.1, -0.05) is 24.3 Å². The molecule has 2 atom stereocenters. The Morgan fingerprint density at radius 2 is 1.71 bits per heavy atom. The molecule has 0 aromatic heterocycles. The van der Waals surface area contributed by atoms with Gasteiger partial charge in [-0.3, -0.25) is 9.59 Å². The summed E-state index contributed by atoms with van der Waals surface area (Å²) >= 11 is 0. The first kappa shape index (κ1) is 16.6. The Bertz CT molecular complexity index is 656. The van der Waals surface area contributed by atoms with Crippen molar-refractivity contribution in [2.24, 2.45) is 11.8 Å². The first-order chi connectivity index (χ1) is 11.3. The van der Waals surface area contributed by atoms with E-state index in [1.54, 1.807) is 45.0 Å². The number of carbonyl (C=O) groups is 3. The van der Waals surface area contributed by atoms with Crippen LogP contribution in [0.25, 0.3) is 0 Å². The molecular weight excluding hydrogens is 310 g/mol. The number of hydrogen-bond acceptors (Lipinski definition) is 5. The van der Waals surface area contributed by atoms with Gasteiger partial charge in [0.1, 0.15) is 5.60 Å². The maximum Gasteiger partial charge on any atom is 0.407 e. The molecule has 2 aliphatic rings. The molecule has 0 unspecified atom stereocenters. The molecule has 0 spiro atoms. The fourth-order valence-electron chi connectivity index (χ4n) is 3.26. The van der Waals surface area contributed by atoms with Crippen molar-refractivity contribution in [3.63, 3.8) is 0 Å².